The summed E-state index contributed by atoms with van der Waals surface area (Å²) in [6, 6.07) is 0. The molecule has 1 rings (SSSR count). The van der Waals surface area contributed by atoms with Gasteiger partial charge in [-0.25, -0.2) is 0 Å². The number of hydrogen-bond acceptors (Lipinski definition) is 1. The van der Waals surface area contributed by atoms with Crippen molar-refractivity contribution >= 4 is 0 Å². The molecule has 0 aromatic carbocycles. The van der Waals surface area contributed by atoms with Gasteiger partial charge in [-0.1, -0.05) is 27.7 Å². The number of nitrogens with zero attached hydrogens (tertiary/aromatic N) is 1. The van der Waals surface area contributed by atoms with Crippen LogP contribution >= 0.6 is 0 Å². The van der Waals surface area contributed by atoms with Gasteiger partial charge in [0.1, 0.15) is 0 Å². The normalized spacial score (nSPS) is 33.5. The molecule has 0 amide bonds. The van der Waals surface area contributed by atoms with Crippen molar-refractivity contribution in [1.82, 2.24) is 4.90 Å². The van der Waals surface area contributed by atoms with Crippen LogP contribution in [0.3, 0.4) is 0 Å². The summed E-state index contributed by atoms with van der Waals surface area (Å²) in [5, 5.41) is 0. The third-order valence-electron chi connectivity index (χ3n) is 3.43. The minimum absolute atomic E-state index is 0.593. The van der Waals surface area contributed by atoms with Gasteiger partial charge in [-0.3, -0.25) is 0 Å². The summed E-state index contributed by atoms with van der Waals surface area (Å²) in [4.78, 5) is 2.56. The molecule has 1 saturated heterocycles. The monoisotopic (exact) mass is 155 g/mol. The summed E-state index contributed by atoms with van der Waals surface area (Å²) in [6.07, 6.45) is 1.39. The van der Waals surface area contributed by atoms with Gasteiger partial charge in [0.2, 0.25) is 0 Å². The van der Waals surface area contributed by atoms with Crippen molar-refractivity contribution in [2.75, 3.05) is 19.6 Å². The van der Waals surface area contributed by atoms with E-state index in [0.717, 1.165) is 5.92 Å². The summed E-state index contributed by atoms with van der Waals surface area (Å²) in [7, 11) is 0. The van der Waals surface area contributed by atoms with Crippen LogP contribution in [0.4, 0.5) is 0 Å². The summed E-state index contributed by atoms with van der Waals surface area (Å²) >= 11 is 0. The van der Waals surface area contributed by atoms with Gasteiger partial charge in [-0.05, 0) is 30.8 Å². The maximum absolute atomic E-state index is 2.56. The van der Waals surface area contributed by atoms with Crippen LogP contribution in [-0.4, -0.2) is 24.5 Å². The Morgan fingerprint density at radius 1 is 1.45 bits per heavy atom. The van der Waals surface area contributed by atoms with E-state index in [1.807, 2.05) is 0 Å². The highest BCUT2D eigenvalue weighted by molar-refractivity contribution is 4.87. The van der Waals surface area contributed by atoms with Crippen LogP contribution in [0.2, 0.25) is 0 Å². The van der Waals surface area contributed by atoms with Crippen LogP contribution in [0, 0.1) is 11.3 Å². The van der Waals surface area contributed by atoms with Crippen molar-refractivity contribution in [2.45, 2.75) is 34.1 Å². The van der Waals surface area contributed by atoms with E-state index in [4.69, 9.17) is 0 Å². The van der Waals surface area contributed by atoms with E-state index in [0.29, 0.717) is 5.41 Å². The Bertz CT molecular complexity index is 131. The average Bonchev–Trinajstić information content (AvgIpc) is 2.33. The maximum Gasteiger partial charge on any atom is 0.00381 e. The average molecular weight is 155 g/mol. The molecule has 1 aliphatic heterocycles. The van der Waals surface area contributed by atoms with Gasteiger partial charge in [0.05, 0.1) is 0 Å². The first-order chi connectivity index (χ1) is 5.08. The van der Waals surface area contributed by atoms with Gasteiger partial charge in [0.25, 0.3) is 0 Å². The van der Waals surface area contributed by atoms with Crippen LogP contribution in [-0.2, 0) is 0 Å². The summed E-state index contributed by atoms with van der Waals surface area (Å²) in [6.45, 7) is 13.2. The molecule has 0 saturated carbocycles. The molecule has 66 valence electrons. The van der Waals surface area contributed by atoms with Gasteiger partial charge in [-0.2, -0.15) is 0 Å². The second-order valence-corrected chi connectivity index (χ2v) is 4.43. The molecule has 0 N–H and O–H groups in total. The molecule has 0 aromatic rings. The lowest BCUT2D eigenvalue weighted by molar-refractivity contribution is 0.213. The molecule has 11 heavy (non-hydrogen) atoms. The minimum atomic E-state index is 0.593. The molecule has 0 aliphatic carbocycles. The van der Waals surface area contributed by atoms with Crippen molar-refractivity contribution in [2.24, 2.45) is 11.3 Å². The summed E-state index contributed by atoms with van der Waals surface area (Å²) < 4.78 is 0. The van der Waals surface area contributed by atoms with Gasteiger partial charge >= 0.3 is 0 Å². The van der Waals surface area contributed by atoms with Crippen molar-refractivity contribution in [3.63, 3.8) is 0 Å². The molecule has 1 nitrogen and oxygen atoms in total. The van der Waals surface area contributed by atoms with Gasteiger partial charge in [-0.15, -0.1) is 0 Å². The number of likely N-dealkylation sites (tertiary alicyclic amines) is 1. The first-order valence-electron chi connectivity index (χ1n) is 4.81. The predicted molar refractivity (Wildman–Crippen MR) is 49.7 cm³/mol. The van der Waals surface area contributed by atoms with Crippen molar-refractivity contribution in [3.05, 3.63) is 0 Å². The molecule has 1 fully saturated rings. The smallest absolute Gasteiger partial charge is 0.00381 e. The predicted octanol–water partition coefficient (Wildman–Crippen LogP) is 2.37. The molecule has 1 aliphatic rings. The van der Waals surface area contributed by atoms with E-state index in [1.54, 1.807) is 0 Å². The Morgan fingerprint density at radius 3 is 2.36 bits per heavy atom. The fourth-order valence-corrected chi connectivity index (χ4v) is 1.82. The second-order valence-electron chi connectivity index (χ2n) is 4.43. The molecule has 0 bridgehead atoms. The van der Waals surface area contributed by atoms with Crippen LogP contribution in [0.1, 0.15) is 34.1 Å². The highest BCUT2D eigenvalue weighted by atomic mass is 15.1. The van der Waals surface area contributed by atoms with Crippen LogP contribution in [0.25, 0.3) is 0 Å². The quantitative estimate of drug-likeness (QED) is 0.592. The molecule has 0 aromatic heterocycles. The highest BCUT2D eigenvalue weighted by Crippen LogP contribution is 2.36. The molecular formula is C10H21N. The van der Waals surface area contributed by atoms with Crippen LogP contribution in [0.5, 0.6) is 0 Å². The first-order valence-corrected chi connectivity index (χ1v) is 4.81. The van der Waals surface area contributed by atoms with Gasteiger partial charge < -0.3 is 4.90 Å². The minimum Gasteiger partial charge on any atom is -0.303 e. The maximum atomic E-state index is 2.56. The Balaban J connectivity index is 2.50. The fraction of sp³-hybridized carbons (Fsp3) is 1.00. The van der Waals surface area contributed by atoms with Crippen molar-refractivity contribution in [1.29, 1.82) is 0 Å². The Morgan fingerprint density at radius 2 is 2.09 bits per heavy atom. The molecule has 1 unspecified atom stereocenters. The van der Waals surface area contributed by atoms with Gasteiger partial charge in [0.15, 0.2) is 0 Å². The van der Waals surface area contributed by atoms with Crippen LogP contribution < -0.4 is 0 Å². The zero-order valence-electron chi connectivity index (χ0n) is 8.35. The molecule has 0 radical (unpaired) electrons. The van der Waals surface area contributed by atoms with E-state index < -0.39 is 0 Å². The van der Waals surface area contributed by atoms with Gasteiger partial charge in [0, 0.05) is 6.54 Å². The fourth-order valence-electron chi connectivity index (χ4n) is 1.82. The first kappa shape index (κ1) is 9.05. The van der Waals surface area contributed by atoms with E-state index >= 15 is 0 Å². The lowest BCUT2D eigenvalue weighted by Crippen LogP contribution is -2.28. The Labute approximate surface area is 70.8 Å². The lowest BCUT2D eigenvalue weighted by atomic mass is 9.79. The van der Waals surface area contributed by atoms with E-state index in [9.17, 15) is 0 Å². The number of rotatable bonds is 2. The summed E-state index contributed by atoms with van der Waals surface area (Å²) in [5.74, 6) is 0.832. The van der Waals surface area contributed by atoms with E-state index in [1.165, 1.54) is 26.1 Å². The zero-order chi connectivity index (χ0) is 8.48. The lowest BCUT2D eigenvalue weighted by Gasteiger charge is -2.28. The largest absolute Gasteiger partial charge is 0.303 e. The van der Waals surface area contributed by atoms with Crippen molar-refractivity contribution in [3.8, 4) is 0 Å². The standard InChI is InChI=1S/C10H21N/c1-5-11-7-6-10(4,8-11)9(2)3/h9H,5-8H2,1-4H3. The highest BCUT2D eigenvalue weighted by Gasteiger charge is 2.35. The number of hydrogen-bond donors (Lipinski definition) is 0. The Hall–Kier alpha value is -0.0400. The summed E-state index contributed by atoms with van der Waals surface area (Å²) in [5.41, 5.74) is 0.593. The zero-order valence-corrected chi connectivity index (χ0v) is 8.35. The third kappa shape index (κ3) is 1.76. The van der Waals surface area contributed by atoms with E-state index in [-0.39, 0.29) is 0 Å². The van der Waals surface area contributed by atoms with E-state index in [2.05, 4.69) is 32.6 Å². The molecule has 0 spiro atoms. The van der Waals surface area contributed by atoms with Crippen LogP contribution in [0.15, 0.2) is 0 Å². The molecule has 1 heteroatoms. The Kier molecular flexibility index (Phi) is 2.58. The van der Waals surface area contributed by atoms with Crippen molar-refractivity contribution < 1.29 is 0 Å². The molecule has 1 atom stereocenters. The molecular weight excluding hydrogens is 134 g/mol. The second kappa shape index (κ2) is 3.14. The third-order valence-corrected chi connectivity index (χ3v) is 3.43. The topological polar surface area (TPSA) is 3.24 Å². The molecule has 1 heterocycles. The SMILES string of the molecule is CCN1CCC(C)(C(C)C)C1.